The maximum Gasteiger partial charge on any atom is 0.331 e. The first-order valence-corrected chi connectivity index (χ1v) is 8.68. The molecule has 0 unspecified atom stereocenters. The maximum absolute atomic E-state index is 10.4. The summed E-state index contributed by atoms with van der Waals surface area (Å²) in [5.41, 5.74) is 3.31. The molecule has 0 saturated carbocycles. The Morgan fingerprint density at radius 2 is 1.77 bits per heavy atom. The molecule has 0 atom stereocenters. The molecule has 0 spiro atoms. The molecule has 3 rings (SSSR count). The van der Waals surface area contributed by atoms with Crippen molar-refractivity contribution in [1.29, 1.82) is 0 Å². The van der Waals surface area contributed by atoms with E-state index in [2.05, 4.69) is 17.1 Å². The van der Waals surface area contributed by atoms with Gasteiger partial charge in [-0.25, -0.2) is 4.79 Å². The number of benzene rings is 2. The number of nitrogens with zero attached hydrogens (tertiary/aromatic N) is 1. The fraction of sp³-hybridized carbons (Fsp3) is 0.100. The van der Waals surface area contributed by atoms with Crippen molar-refractivity contribution in [2.45, 2.75) is 11.5 Å². The van der Waals surface area contributed by atoms with E-state index in [1.54, 1.807) is 12.4 Å². The van der Waals surface area contributed by atoms with Crippen molar-refractivity contribution in [2.24, 2.45) is 0 Å². The molecule has 3 aromatic rings. The van der Waals surface area contributed by atoms with Crippen LogP contribution in [0.5, 0.6) is 5.75 Å². The van der Waals surface area contributed by atoms with Crippen molar-refractivity contribution in [2.75, 3.05) is 6.61 Å². The van der Waals surface area contributed by atoms with E-state index < -0.39 is 5.97 Å². The first kappa shape index (κ1) is 18.0. The van der Waals surface area contributed by atoms with Crippen LogP contribution in [0, 0.1) is 0 Å². The average Bonchev–Trinajstić information content (AvgIpc) is 2.68. The molecule has 1 aromatic heterocycles. The lowest BCUT2D eigenvalue weighted by atomic mass is 10.0. The summed E-state index contributed by atoms with van der Waals surface area (Å²) in [6.45, 7) is 0.123. The number of aromatic nitrogens is 1. The molecule has 0 saturated heterocycles. The molecule has 0 aliphatic carbocycles. The van der Waals surface area contributed by atoms with Gasteiger partial charge in [-0.05, 0) is 59.2 Å². The van der Waals surface area contributed by atoms with Crippen LogP contribution in [0.4, 0.5) is 0 Å². The van der Waals surface area contributed by atoms with E-state index in [0.29, 0.717) is 6.61 Å². The van der Waals surface area contributed by atoms with Gasteiger partial charge in [0.15, 0.2) is 6.61 Å². The van der Waals surface area contributed by atoms with Crippen LogP contribution < -0.4 is 4.74 Å². The monoisotopic (exact) mass is 367 g/mol. The van der Waals surface area contributed by atoms with Crippen LogP contribution in [0.2, 0.25) is 0 Å². The minimum absolute atomic E-state index is 0.337. The number of carboxylic acids is 1. The number of pyridine rings is 1. The molecule has 132 valence electrons. The molecule has 0 fully saturated rings. The van der Waals surface area contributed by atoms with Crippen molar-refractivity contribution < 1.29 is 18.8 Å². The predicted octanol–water partition coefficient (Wildman–Crippen LogP) is 4.44. The summed E-state index contributed by atoms with van der Waals surface area (Å²) in [4.78, 5) is 15.3. The van der Waals surface area contributed by atoms with Crippen molar-refractivity contribution in [3.63, 3.8) is 0 Å². The van der Waals surface area contributed by atoms with E-state index in [9.17, 15) is 4.79 Å². The van der Waals surface area contributed by atoms with Gasteiger partial charge in [-0.15, -0.1) is 0 Å². The van der Waals surface area contributed by atoms with Crippen molar-refractivity contribution in [3.8, 4) is 16.9 Å². The average molecular weight is 367 g/mol. The third-order valence-electron chi connectivity index (χ3n) is 3.51. The smallest absolute Gasteiger partial charge is 0.331 e. The number of hydrogen-bond acceptors (Lipinski definition) is 5. The van der Waals surface area contributed by atoms with Gasteiger partial charge in [0, 0.05) is 29.3 Å². The Bertz CT molecular complexity index is 853. The summed E-state index contributed by atoms with van der Waals surface area (Å²) in [6.07, 6.45) is 3.55. The summed E-state index contributed by atoms with van der Waals surface area (Å²) >= 11 is 1.03. The molecule has 5 nitrogen and oxygen atoms in total. The second kappa shape index (κ2) is 9.03. The van der Waals surface area contributed by atoms with Gasteiger partial charge in [-0.2, -0.15) is 0 Å². The number of aliphatic carboxylic acids is 1. The Hall–Kier alpha value is -2.83. The van der Waals surface area contributed by atoms with Gasteiger partial charge in [0.05, 0.1) is 0 Å². The second-order valence-electron chi connectivity index (χ2n) is 5.44. The van der Waals surface area contributed by atoms with Crippen molar-refractivity contribution in [3.05, 3.63) is 78.6 Å². The molecular weight excluding hydrogens is 350 g/mol. The van der Waals surface area contributed by atoms with E-state index in [1.807, 2.05) is 48.5 Å². The first-order chi connectivity index (χ1) is 12.7. The SMILES string of the molecule is O=C(O)COSc1ccc(OCc2cccc(-c3ccncc3)c2)cc1. The zero-order valence-electron chi connectivity index (χ0n) is 13.9. The number of ether oxygens (including phenoxy) is 1. The van der Waals surface area contributed by atoms with Gasteiger partial charge in [0.1, 0.15) is 12.4 Å². The summed E-state index contributed by atoms with van der Waals surface area (Å²) in [5.74, 6) is -0.256. The molecule has 1 heterocycles. The summed E-state index contributed by atoms with van der Waals surface area (Å²) < 4.78 is 10.8. The highest BCUT2D eigenvalue weighted by molar-refractivity contribution is 7.94. The summed E-state index contributed by atoms with van der Waals surface area (Å²) in [5, 5.41) is 8.54. The van der Waals surface area contributed by atoms with E-state index in [4.69, 9.17) is 14.0 Å². The lowest BCUT2D eigenvalue weighted by molar-refractivity contribution is -0.138. The topological polar surface area (TPSA) is 68.7 Å². The second-order valence-corrected chi connectivity index (χ2v) is 6.31. The normalized spacial score (nSPS) is 10.5. The Balaban J connectivity index is 1.56. The van der Waals surface area contributed by atoms with Crippen LogP contribution in [0.15, 0.2) is 78.0 Å². The quantitative estimate of drug-likeness (QED) is 0.594. The van der Waals surface area contributed by atoms with Crippen LogP contribution in [-0.4, -0.2) is 22.7 Å². The van der Waals surface area contributed by atoms with Crippen molar-refractivity contribution in [1.82, 2.24) is 4.98 Å². The highest BCUT2D eigenvalue weighted by Gasteiger charge is 2.02. The predicted molar refractivity (Wildman–Crippen MR) is 99.9 cm³/mol. The Kier molecular flexibility index (Phi) is 6.24. The maximum atomic E-state index is 10.4. The lowest BCUT2D eigenvalue weighted by Crippen LogP contribution is -2.02. The molecule has 0 amide bonds. The van der Waals surface area contributed by atoms with E-state index in [1.165, 1.54) is 0 Å². The molecule has 6 heteroatoms. The Morgan fingerprint density at radius 1 is 1.00 bits per heavy atom. The third-order valence-corrected chi connectivity index (χ3v) is 4.21. The number of rotatable bonds is 8. The Morgan fingerprint density at radius 3 is 2.50 bits per heavy atom. The number of carboxylic acid groups (broad SMARTS) is 1. The molecule has 26 heavy (non-hydrogen) atoms. The van der Waals surface area contributed by atoms with Gasteiger partial charge in [0.25, 0.3) is 0 Å². The first-order valence-electron chi connectivity index (χ1n) is 7.94. The molecular formula is C20H17NO4S. The number of hydrogen-bond donors (Lipinski definition) is 1. The third kappa shape index (κ3) is 5.34. The minimum atomic E-state index is -0.994. The fourth-order valence-electron chi connectivity index (χ4n) is 2.29. The summed E-state index contributed by atoms with van der Waals surface area (Å²) in [6, 6.07) is 19.5. The molecule has 0 radical (unpaired) electrons. The van der Waals surface area contributed by atoms with Crippen molar-refractivity contribution >= 4 is 18.0 Å². The van der Waals surface area contributed by atoms with E-state index in [0.717, 1.165) is 39.4 Å². The van der Waals surface area contributed by atoms with Gasteiger partial charge in [0.2, 0.25) is 0 Å². The van der Waals surface area contributed by atoms with E-state index >= 15 is 0 Å². The van der Waals surface area contributed by atoms with Gasteiger partial charge in [-0.3, -0.25) is 9.17 Å². The number of carbonyl (C=O) groups is 1. The molecule has 0 aliphatic heterocycles. The zero-order chi connectivity index (χ0) is 18.2. The van der Waals surface area contributed by atoms with Gasteiger partial charge in [-0.1, -0.05) is 18.2 Å². The minimum Gasteiger partial charge on any atom is -0.489 e. The van der Waals surface area contributed by atoms with Crippen LogP contribution in [0.25, 0.3) is 11.1 Å². The highest BCUT2D eigenvalue weighted by atomic mass is 32.2. The summed E-state index contributed by atoms with van der Waals surface area (Å²) in [7, 11) is 0. The standard InChI is InChI=1S/C20H17NO4S/c22-20(23)14-25-26-19-6-4-18(5-7-19)24-13-15-2-1-3-17(12-15)16-8-10-21-11-9-16/h1-12H,13-14H2,(H,22,23). The largest absolute Gasteiger partial charge is 0.489 e. The van der Waals surface area contributed by atoms with Gasteiger partial charge < -0.3 is 9.84 Å². The highest BCUT2D eigenvalue weighted by Crippen LogP contribution is 2.24. The molecule has 1 N–H and O–H groups in total. The van der Waals surface area contributed by atoms with Crippen LogP contribution in [0.1, 0.15) is 5.56 Å². The van der Waals surface area contributed by atoms with Crippen LogP contribution in [0.3, 0.4) is 0 Å². The lowest BCUT2D eigenvalue weighted by Gasteiger charge is -2.09. The molecule has 0 aliphatic rings. The van der Waals surface area contributed by atoms with E-state index in [-0.39, 0.29) is 6.61 Å². The fourth-order valence-corrected chi connectivity index (χ4v) is 2.83. The molecule has 2 aromatic carbocycles. The zero-order valence-corrected chi connectivity index (χ0v) is 14.7. The van der Waals surface area contributed by atoms with Gasteiger partial charge >= 0.3 is 5.97 Å². The Labute approximate surface area is 155 Å². The van der Waals surface area contributed by atoms with Crippen LogP contribution in [-0.2, 0) is 15.6 Å². The molecule has 0 bridgehead atoms. The van der Waals surface area contributed by atoms with Crippen LogP contribution >= 0.6 is 12.0 Å².